The number of hydrogen-bond acceptors (Lipinski definition) is 2. The predicted molar refractivity (Wildman–Crippen MR) is 244 cm³/mol. The summed E-state index contributed by atoms with van der Waals surface area (Å²) < 4.78 is 6.94. The van der Waals surface area contributed by atoms with Gasteiger partial charge >= 0.3 is 17.1 Å². The second-order valence-electron chi connectivity index (χ2n) is 13.3. The first-order valence-corrected chi connectivity index (χ1v) is 21.9. The molecule has 2 nitrogen and oxygen atoms in total. The maximum absolute atomic E-state index is 6.94. The second kappa shape index (κ2) is 19.9. The molecule has 0 saturated carbocycles. The third kappa shape index (κ3) is 9.79. The van der Waals surface area contributed by atoms with E-state index in [9.17, 15) is 0 Å². The molecule has 0 unspecified atom stereocenters. The van der Waals surface area contributed by atoms with Gasteiger partial charge in [-0.25, -0.2) is 0 Å². The van der Waals surface area contributed by atoms with Crippen LogP contribution in [0, 0.1) is 0 Å². The van der Waals surface area contributed by atoms with Crippen molar-refractivity contribution in [2.45, 2.75) is 0 Å². The van der Waals surface area contributed by atoms with Crippen LogP contribution in [0.15, 0.2) is 243 Å². The van der Waals surface area contributed by atoms with Gasteiger partial charge in [0.2, 0.25) is 0 Å². The normalized spacial score (nSPS) is 10.6. The van der Waals surface area contributed by atoms with Crippen LogP contribution < -0.4 is 36.6 Å². The Morgan fingerprint density at radius 2 is 0.772 bits per heavy atom. The quantitative estimate of drug-likeness (QED) is 0.0779. The maximum atomic E-state index is 6.94. The summed E-state index contributed by atoms with van der Waals surface area (Å²) in [4.78, 5) is 4.36. The van der Waals surface area contributed by atoms with Gasteiger partial charge < -0.3 is 9.72 Å². The second-order valence-corrected chi connectivity index (χ2v) is 18.2. The summed E-state index contributed by atoms with van der Waals surface area (Å²) >= 11 is 0. The number of rotatable bonds is 10. The van der Waals surface area contributed by atoms with Crippen molar-refractivity contribution >= 4 is 47.7 Å². The zero-order valence-corrected chi connectivity index (χ0v) is 34.2. The van der Waals surface area contributed by atoms with E-state index >= 15 is 0 Å². The number of benzene rings is 7. The van der Waals surface area contributed by atoms with Crippen LogP contribution in [0.25, 0.3) is 22.4 Å². The molecule has 280 valence electrons. The predicted octanol–water partition coefficient (Wildman–Crippen LogP) is 10.6. The van der Waals surface area contributed by atoms with Crippen molar-refractivity contribution in [2.75, 3.05) is 0 Å². The van der Waals surface area contributed by atoms with Gasteiger partial charge in [-0.05, 0) is 84.6 Å². The van der Waals surface area contributed by atoms with Gasteiger partial charge in [-0.1, -0.05) is 145 Å². The first-order valence-electron chi connectivity index (χ1n) is 18.9. The molecule has 0 saturated heterocycles. The molecule has 0 fully saturated rings. The fourth-order valence-electron chi connectivity index (χ4n) is 6.96. The molecule has 1 aromatic heterocycles. The summed E-state index contributed by atoms with van der Waals surface area (Å²) in [5.41, 5.74) is 4.68. The van der Waals surface area contributed by atoms with E-state index in [1.165, 1.54) is 48.5 Å². The summed E-state index contributed by atoms with van der Waals surface area (Å²) in [6.45, 7) is 0. The van der Waals surface area contributed by atoms with E-state index < -0.39 is 15.8 Å². The van der Waals surface area contributed by atoms with Crippen LogP contribution in [0.1, 0.15) is 0 Å². The van der Waals surface area contributed by atoms with E-state index in [2.05, 4.69) is 217 Å². The first-order chi connectivity index (χ1) is 27.8. The number of ether oxygens (including phenoxy) is 1. The third-order valence-electron chi connectivity index (χ3n) is 9.60. The molecule has 1 heterocycles. The first kappa shape index (κ1) is 39.5. The fraction of sp³-hybridized carbons (Fsp3) is 0. The van der Waals surface area contributed by atoms with Crippen molar-refractivity contribution < 1.29 is 21.8 Å². The van der Waals surface area contributed by atoms with Crippen molar-refractivity contribution in [3.05, 3.63) is 243 Å². The van der Waals surface area contributed by atoms with Gasteiger partial charge in [0, 0.05) is 6.20 Å². The molecule has 0 radical (unpaired) electrons. The van der Waals surface area contributed by atoms with Crippen molar-refractivity contribution in [1.29, 1.82) is 0 Å². The minimum Gasteiger partial charge on any atom is -0.449 e. The van der Waals surface area contributed by atoms with E-state index in [0.29, 0.717) is 0 Å². The summed E-state index contributed by atoms with van der Waals surface area (Å²) in [6.07, 6.45) is 1.82. The molecule has 0 aliphatic carbocycles. The van der Waals surface area contributed by atoms with Crippen LogP contribution in [0.5, 0.6) is 11.5 Å². The Balaban J connectivity index is 0.000000230. The SMILES string of the molecule is [Cu+].c1ccc(-c2c[cH-]c(-c3ccccn3)c2)cc1.c1ccc([PH+](c2ccccc2)c2ccccc2Oc2ccccc2[PH+](c2ccccc2)c2ccccc2)cc1. The Morgan fingerprint density at radius 1 is 0.386 bits per heavy atom. The standard InChI is InChI=1S/C36H28OP2.C16H12N.Cu/c1-5-17-29(18-6-1)38(30-19-7-2-8-20-30)35-27-15-13-25-33(35)37-34-26-14-16-28-36(34)39(31-21-9-3-10-22-31)32-23-11-4-12-24-32;1-2-6-13(7-3-1)14-9-10-15(12-14)16-8-4-5-11-17-16;/h1-28H;1-12H;/q;-1;+1/p+2. The van der Waals surface area contributed by atoms with Gasteiger partial charge in [0.25, 0.3) is 0 Å². The number of pyridine rings is 1. The Morgan fingerprint density at radius 3 is 1.19 bits per heavy atom. The molecular weight excluding hydrogens is 780 g/mol. The number of nitrogens with zero attached hydrogens (tertiary/aromatic N) is 1. The number of para-hydroxylation sites is 2. The van der Waals surface area contributed by atoms with E-state index in [0.717, 1.165) is 17.2 Å². The van der Waals surface area contributed by atoms with Crippen LogP contribution >= 0.6 is 15.8 Å². The largest absolute Gasteiger partial charge is 1.00 e. The van der Waals surface area contributed by atoms with Crippen LogP contribution in [0.4, 0.5) is 0 Å². The summed E-state index contributed by atoms with van der Waals surface area (Å²) in [7, 11) is -2.56. The van der Waals surface area contributed by atoms with Crippen molar-refractivity contribution in [1.82, 2.24) is 4.98 Å². The smallest absolute Gasteiger partial charge is 0.449 e. The average Bonchev–Trinajstić information content (AvgIpc) is 3.78. The third-order valence-corrected chi connectivity index (χ3v) is 15.2. The fourth-order valence-corrected chi connectivity index (χ4v) is 12.3. The molecule has 0 N–H and O–H groups in total. The van der Waals surface area contributed by atoms with E-state index in [1.807, 2.05) is 30.5 Å². The van der Waals surface area contributed by atoms with Crippen LogP contribution in [0.3, 0.4) is 0 Å². The molecule has 9 aromatic rings. The van der Waals surface area contributed by atoms with Crippen molar-refractivity contribution in [2.24, 2.45) is 0 Å². The zero-order chi connectivity index (χ0) is 37.8. The molecule has 8 aromatic carbocycles. The molecule has 0 amide bonds. The average molecular weight is 822 g/mol. The maximum Gasteiger partial charge on any atom is 1.00 e. The van der Waals surface area contributed by atoms with Gasteiger partial charge in [0.15, 0.2) is 11.5 Å². The van der Waals surface area contributed by atoms with Gasteiger partial charge in [0.05, 0.1) is 0 Å². The van der Waals surface area contributed by atoms with Crippen LogP contribution in [-0.4, -0.2) is 4.98 Å². The van der Waals surface area contributed by atoms with E-state index in [1.54, 1.807) is 0 Å². The molecule has 5 heteroatoms. The van der Waals surface area contributed by atoms with Crippen LogP contribution in [0.2, 0.25) is 0 Å². The Hall–Kier alpha value is -5.78. The minimum absolute atomic E-state index is 0. The molecule has 0 atom stereocenters. The monoisotopic (exact) mass is 821 g/mol. The minimum atomic E-state index is -1.28. The zero-order valence-electron chi connectivity index (χ0n) is 31.3. The van der Waals surface area contributed by atoms with Gasteiger partial charge in [-0.2, -0.15) is 6.07 Å². The van der Waals surface area contributed by atoms with Crippen LogP contribution in [-0.2, 0) is 17.1 Å². The summed E-state index contributed by atoms with van der Waals surface area (Å²) in [5, 5.41) is 7.88. The summed E-state index contributed by atoms with van der Waals surface area (Å²) in [5.74, 6) is 1.85. The van der Waals surface area contributed by atoms with Crippen molar-refractivity contribution in [3.8, 4) is 33.9 Å². The molecular formula is C52H42CuNOP2+2. The van der Waals surface area contributed by atoms with Crippen molar-refractivity contribution in [3.63, 3.8) is 0 Å². The Kier molecular flexibility index (Phi) is 13.8. The van der Waals surface area contributed by atoms with Gasteiger partial charge in [0.1, 0.15) is 47.7 Å². The molecule has 57 heavy (non-hydrogen) atoms. The molecule has 0 bridgehead atoms. The van der Waals surface area contributed by atoms with E-state index in [-0.39, 0.29) is 17.1 Å². The van der Waals surface area contributed by atoms with E-state index in [4.69, 9.17) is 4.74 Å². The molecule has 0 aliphatic rings. The molecule has 0 spiro atoms. The molecule has 0 aliphatic heterocycles. The Labute approximate surface area is 349 Å². The number of aromatic nitrogens is 1. The van der Waals surface area contributed by atoms with Gasteiger partial charge in [-0.3, -0.25) is 0 Å². The molecule has 9 rings (SSSR count). The summed E-state index contributed by atoms with van der Waals surface area (Å²) in [6, 6.07) is 83.4. The number of hydrogen-bond donors (Lipinski definition) is 0. The topological polar surface area (TPSA) is 22.1 Å². The Bertz CT molecular complexity index is 2290. The van der Waals surface area contributed by atoms with Gasteiger partial charge in [-0.15, -0.1) is 23.3 Å².